The zero-order valence-corrected chi connectivity index (χ0v) is 38.9. The van der Waals surface area contributed by atoms with Crippen LogP contribution in [0.25, 0.3) is 0 Å². The average molecular weight is 1010 g/mol. The molecule has 0 aromatic rings. The van der Waals surface area contributed by atoms with Crippen LogP contribution in [0.3, 0.4) is 0 Å². The molecule has 70 heavy (non-hydrogen) atoms. The van der Waals surface area contributed by atoms with Crippen molar-refractivity contribution in [2.45, 2.75) is 157 Å². The summed E-state index contributed by atoms with van der Waals surface area (Å²) in [5, 5.41) is 99.5. The molecule has 0 aromatic carbocycles. The maximum atomic E-state index is 13.2. The number of ether oxygens (including phenoxy) is 12. The van der Waals surface area contributed by atoms with E-state index in [9.17, 15) is 69.9 Å². The van der Waals surface area contributed by atoms with Crippen LogP contribution in [-0.4, -0.2) is 225 Å². The second-order valence-corrected chi connectivity index (χ2v) is 17.0. The second kappa shape index (κ2) is 25.2. The standard InChI is InChI=1S/C44H62O26/c1-15(2)36(54)59-13-22-32(26(49)27(50)41(63-22)67-31-21(12-46)62-42(28(51)25(31)48)70-40(58)19(9)10)69-44-35(66-39(57)18(7)8)29(52)33(23(64-44)14-60-37(55)16(3)4)68-43-30(53)34(65-38(56)17(5)6)24(47)20(11-45)61-43/h20-35,41-53H,1,3,5,7,9,11-14H2,2,4,6,8,10H3/t20?,21?,22?,23?,24-,25?,26?,27?,28?,29?,30?,31-,32-,33-,34?,35?,41+,42+,43+,44+/m1/s1. The Morgan fingerprint density at radius 3 is 1.17 bits per heavy atom. The number of rotatable bonds is 20. The van der Waals surface area contributed by atoms with Crippen LogP contribution in [0, 0.1) is 0 Å². The molecule has 0 bridgehead atoms. The van der Waals surface area contributed by atoms with Gasteiger partial charge in [-0.25, -0.2) is 24.0 Å². The fourth-order valence-electron chi connectivity index (χ4n) is 7.06. The van der Waals surface area contributed by atoms with Gasteiger partial charge in [-0.1, -0.05) is 32.9 Å². The van der Waals surface area contributed by atoms with E-state index in [1.54, 1.807) is 0 Å². The molecule has 0 saturated carbocycles. The zero-order chi connectivity index (χ0) is 52.6. The van der Waals surface area contributed by atoms with Crippen molar-refractivity contribution in [2.75, 3.05) is 26.4 Å². The monoisotopic (exact) mass is 1010 g/mol. The maximum absolute atomic E-state index is 13.2. The predicted molar refractivity (Wildman–Crippen MR) is 227 cm³/mol. The minimum atomic E-state index is -2.22. The second-order valence-electron chi connectivity index (χ2n) is 17.0. The van der Waals surface area contributed by atoms with Crippen molar-refractivity contribution >= 4 is 29.8 Å². The van der Waals surface area contributed by atoms with Gasteiger partial charge in [-0.15, -0.1) is 0 Å². The van der Waals surface area contributed by atoms with Gasteiger partial charge in [0.2, 0.25) is 6.29 Å². The third-order valence-electron chi connectivity index (χ3n) is 11.0. The van der Waals surface area contributed by atoms with Gasteiger partial charge in [0.15, 0.2) is 31.1 Å². The Balaban J connectivity index is 1.72. The van der Waals surface area contributed by atoms with Gasteiger partial charge in [0.25, 0.3) is 0 Å². The number of aliphatic hydroxyl groups excluding tert-OH is 9. The molecule has 26 nitrogen and oxygen atoms in total. The van der Waals surface area contributed by atoms with Crippen LogP contribution in [-0.2, 0) is 80.8 Å². The fourth-order valence-corrected chi connectivity index (χ4v) is 7.06. The Bertz CT molecular complexity index is 1950. The van der Waals surface area contributed by atoms with Gasteiger partial charge in [0, 0.05) is 27.9 Å². The van der Waals surface area contributed by atoms with Crippen molar-refractivity contribution in [1.82, 2.24) is 0 Å². The third-order valence-corrected chi connectivity index (χ3v) is 11.0. The summed E-state index contributed by atoms with van der Waals surface area (Å²) in [6.07, 6.45) is -38.9. The van der Waals surface area contributed by atoms with Crippen molar-refractivity contribution in [1.29, 1.82) is 0 Å². The predicted octanol–water partition coefficient (Wildman–Crippen LogP) is -4.11. The van der Waals surface area contributed by atoms with Crippen LogP contribution in [0.4, 0.5) is 0 Å². The summed E-state index contributed by atoms with van der Waals surface area (Å²) in [7, 11) is 0. The molecule has 26 heteroatoms. The number of carbonyl (C=O) groups excluding carboxylic acids is 5. The maximum Gasteiger partial charge on any atom is 0.335 e. The summed E-state index contributed by atoms with van der Waals surface area (Å²) >= 11 is 0. The molecular weight excluding hydrogens is 944 g/mol. The smallest absolute Gasteiger partial charge is 0.335 e. The van der Waals surface area contributed by atoms with Crippen molar-refractivity contribution in [3.05, 3.63) is 60.8 Å². The summed E-state index contributed by atoms with van der Waals surface area (Å²) in [6.45, 7) is 20.2. The fraction of sp³-hybridized carbons (Fsp3) is 0.659. The minimum absolute atomic E-state index is 0.0961. The molecule has 0 aromatic heterocycles. The topological polar surface area (TPSA) is 378 Å². The highest BCUT2D eigenvalue weighted by Gasteiger charge is 2.57. The zero-order valence-electron chi connectivity index (χ0n) is 38.9. The Morgan fingerprint density at radius 2 is 0.714 bits per heavy atom. The van der Waals surface area contributed by atoms with Gasteiger partial charge in [0.1, 0.15) is 98.7 Å². The van der Waals surface area contributed by atoms with Crippen LogP contribution in [0.5, 0.6) is 0 Å². The highest BCUT2D eigenvalue weighted by Crippen LogP contribution is 2.36. The lowest BCUT2D eigenvalue weighted by molar-refractivity contribution is -0.387. The molecule has 4 aliphatic heterocycles. The van der Waals surface area contributed by atoms with Crippen LogP contribution in [0.2, 0.25) is 0 Å². The molecule has 0 amide bonds. The van der Waals surface area contributed by atoms with Crippen LogP contribution >= 0.6 is 0 Å². The van der Waals surface area contributed by atoms with Crippen molar-refractivity contribution in [3.8, 4) is 0 Å². The molecule has 394 valence electrons. The lowest BCUT2D eigenvalue weighted by Crippen LogP contribution is -2.68. The Hall–Kier alpha value is -4.59. The number of carbonyl (C=O) groups is 5. The first-order chi connectivity index (χ1) is 32.7. The third kappa shape index (κ3) is 13.9. The lowest BCUT2D eigenvalue weighted by atomic mass is 9.95. The molecule has 12 unspecified atom stereocenters. The van der Waals surface area contributed by atoms with Gasteiger partial charge >= 0.3 is 29.8 Å². The van der Waals surface area contributed by atoms with Crippen molar-refractivity contribution < 1.29 is 127 Å². The first-order valence-corrected chi connectivity index (χ1v) is 21.5. The average Bonchev–Trinajstić information content (AvgIpc) is 3.30. The Morgan fingerprint density at radius 1 is 0.371 bits per heavy atom. The van der Waals surface area contributed by atoms with Gasteiger partial charge < -0.3 is 103 Å². The molecule has 0 spiro atoms. The molecule has 20 atom stereocenters. The molecule has 0 aliphatic carbocycles. The highest BCUT2D eigenvalue weighted by molar-refractivity contribution is 5.88. The summed E-state index contributed by atoms with van der Waals surface area (Å²) in [4.78, 5) is 63.1. The van der Waals surface area contributed by atoms with E-state index in [-0.39, 0.29) is 27.9 Å². The van der Waals surface area contributed by atoms with Gasteiger partial charge in [-0.05, 0) is 34.6 Å². The van der Waals surface area contributed by atoms with Crippen molar-refractivity contribution in [3.63, 3.8) is 0 Å². The van der Waals surface area contributed by atoms with E-state index < -0.39 is 179 Å². The minimum Gasteiger partial charge on any atom is -0.459 e. The van der Waals surface area contributed by atoms with E-state index in [1.807, 2.05) is 0 Å². The lowest BCUT2D eigenvalue weighted by Gasteiger charge is -2.49. The largest absolute Gasteiger partial charge is 0.459 e. The first-order valence-electron chi connectivity index (χ1n) is 21.5. The Labute approximate surface area is 400 Å². The van der Waals surface area contributed by atoms with Crippen LogP contribution in [0.1, 0.15) is 34.6 Å². The summed E-state index contributed by atoms with van der Waals surface area (Å²) in [5.74, 6) is -5.24. The summed E-state index contributed by atoms with van der Waals surface area (Å²) < 4.78 is 67.3. The van der Waals surface area contributed by atoms with E-state index in [0.717, 1.165) is 0 Å². The van der Waals surface area contributed by atoms with E-state index in [4.69, 9.17) is 56.8 Å². The summed E-state index contributed by atoms with van der Waals surface area (Å²) in [5.41, 5.74) is -0.696. The van der Waals surface area contributed by atoms with Gasteiger partial charge in [0.05, 0.1) is 13.2 Å². The molecule has 0 radical (unpaired) electrons. The quantitative estimate of drug-likeness (QED) is 0.0318. The molecule has 4 heterocycles. The molecular formula is C44H62O26. The molecule has 4 saturated heterocycles. The highest BCUT2D eigenvalue weighted by atomic mass is 16.8. The van der Waals surface area contributed by atoms with E-state index in [0.29, 0.717) is 0 Å². The van der Waals surface area contributed by atoms with E-state index in [2.05, 4.69) is 32.9 Å². The Kier molecular flexibility index (Phi) is 20.9. The molecule has 9 N–H and O–H groups in total. The van der Waals surface area contributed by atoms with Crippen LogP contribution < -0.4 is 0 Å². The number of aliphatic hydroxyl groups is 9. The number of esters is 5. The first kappa shape index (κ1) is 58.0. The number of hydrogen-bond acceptors (Lipinski definition) is 26. The van der Waals surface area contributed by atoms with Crippen molar-refractivity contribution in [2.24, 2.45) is 0 Å². The van der Waals surface area contributed by atoms with Gasteiger partial charge in [-0.3, -0.25) is 0 Å². The molecule has 4 aliphatic rings. The van der Waals surface area contributed by atoms with Gasteiger partial charge in [-0.2, -0.15) is 0 Å². The number of hydrogen-bond donors (Lipinski definition) is 9. The van der Waals surface area contributed by atoms with E-state index in [1.165, 1.54) is 34.6 Å². The summed E-state index contributed by atoms with van der Waals surface area (Å²) in [6, 6.07) is 0. The molecule has 4 rings (SSSR count). The molecule has 4 fully saturated rings. The SMILES string of the molecule is C=C(C)C(=O)OCC1O[C@@H](O[C@@H]2C(CO)O[C@@H](OC(=O)C(=C)C)C(O)C2O)C(O)C(O)[C@@H]1O[C@@H]1OC(COC(=O)C(=C)C)[C@@H](O[C@@H]2OC(CO)[C@@H](O)C(OC(=O)C(=C)C)C2O)C(O)C1OC(=O)C(=C)C. The van der Waals surface area contributed by atoms with Crippen LogP contribution in [0.15, 0.2) is 60.8 Å². The normalized spacial score (nSPS) is 37.5. The van der Waals surface area contributed by atoms with E-state index >= 15 is 0 Å².